The Morgan fingerprint density at radius 2 is 1.90 bits per heavy atom. The van der Waals surface area contributed by atoms with Crippen LogP contribution in [0.1, 0.15) is 37.3 Å². The normalized spacial score (nSPS) is 12.8. The van der Waals surface area contributed by atoms with E-state index < -0.39 is 0 Å². The maximum Gasteiger partial charge on any atom is 0.227 e. The van der Waals surface area contributed by atoms with Crippen molar-refractivity contribution < 1.29 is 9.59 Å². The molecule has 0 aliphatic carbocycles. The summed E-state index contributed by atoms with van der Waals surface area (Å²) in [6, 6.07) is 17.3. The molecule has 0 saturated heterocycles. The zero-order valence-electron chi connectivity index (χ0n) is 16.6. The third-order valence-electron chi connectivity index (χ3n) is 4.88. The van der Waals surface area contributed by atoms with Crippen molar-refractivity contribution in [3.63, 3.8) is 0 Å². The molecule has 150 valence electrons. The number of carbonyl (C=O) groups excluding carboxylic acids is 2. The SMILES string of the molecule is CCCN(Cc1ccc(C#N)cc1)C(=O)CCC(=O)N1CCSc2ccccc21. The number of rotatable bonds is 7. The molecule has 0 saturated carbocycles. The van der Waals surface area contributed by atoms with Crippen molar-refractivity contribution in [1.29, 1.82) is 5.26 Å². The van der Waals surface area contributed by atoms with Crippen LogP contribution in [0.25, 0.3) is 0 Å². The molecule has 6 heteroatoms. The first kappa shape index (κ1) is 20.9. The topological polar surface area (TPSA) is 64.4 Å². The van der Waals surface area contributed by atoms with Gasteiger partial charge in [0.15, 0.2) is 0 Å². The first-order chi connectivity index (χ1) is 14.1. The van der Waals surface area contributed by atoms with Crippen molar-refractivity contribution in [2.45, 2.75) is 37.6 Å². The Hall–Kier alpha value is -2.78. The number of thioether (sulfide) groups is 1. The predicted molar refractivity (Wildman–Crippen MR) is 116 cm³/mol. The van der Waals surface area contributed by atoms with E-state index in [1.165, 1.54) is 0 Å². The van der Waals surface area contributed by atoms with Crippen molar-refractivity contribution in [2.75, 3.05) is 23.7 Å². The minimum absolute atomic E-state index is 0.000853. The van der Waals surface area contributed by atoms with Gasteiger partial charge in [0.2, 0.25) is 11.8 Å². The van der Waals surface area contributed by atoms with Gasteiger partial charge in [-0.25, -0.2) is 0 Å². The molecule has 2 aromatic carbocycles. The Bertz CT molecular complexity index is 905. The average molecular weight is 408 g/mol. The summed E-state index contributed by atoms with van der Waals surface area (Å²) < 4.78 is 0. The van der Waals surface area contributed by atoms with Crippen molar-refractivity contribution in [3.05, 3.63) is 59.7 Å². The van der Waals surface area contributed by atoms with Gasteiger partial charge in [-0.3, -0.25) is 9.59 Å². The lowest BCUT2D eigenvalue weighted by Gasteiger charge is -2.29. The summed E-state index contributed by atoms with van der Waals surface area (Å²) in [5.74, 6) is 0.863. The molecule has 0 unspecified atom stereocenters. The highest BCUT2D eigenvalue weighted by Gasteiger charge is 2.24. The number of benzene rings is 2. The lowest BCUT2D eigenvalue weighted by atomic mass is 10.1. The maximum atomic E-state index is 12.8. The van der Waals surface area contributed by atoms with Crippen LogP contribution in [0, 0.1) is 11.3 Å². The Kier molecular flexibility index (Phi) is 7.31. The van der Waals surface area contributed by atoms with Crippen molar-refractivity contribution in [2.24, 2.45) is 0 Å². The van der Waals surface area contributed by atoms with Crippen LogP contribution in [0.3, 0.4) is 0 Å². The zero-order chi connectivity index (χ0) is 20.6. The Morgan fingerprint density at radius 1 is 1.14 bits per heavy atom. The number of amides is 2. The number of nitrogens with zero attached hydrogens (tertiary/aromatic N) is 3. The first-order valence-electron chi connectivity index (χ1n) is 9.91. The Balaban J connectivity index is 1.60. The molecule has 0 spiro atoms. The fourth-order valence-electron chi connectivity index (χ4n) is 3.40. The molecular weight excluding hydrogens is 382 g/mol. The number of carbonyl (C=O) groups is 2. The van der Waals surface area contributed by atoms with Crippen LogP contribution in [0.2, 0.25) is 0 Å². The number of fused-ring (bicyclic) bond motifs is 1. The minimum Gasteiger partial charge on any atom is -0.338 e. The fraction of sp³-hybridized carbons (Fsp3) is 0.348. The van der Waals surface area contributed by atoms with E-state index in [0.29, 0.717) is 25.2 Å². The number of nitriles is 1. The maximum absolute atomic E-state index is 12.8. The Morgan fingerprint density at radius 3 is 2.62 bits per heavy atom. The van der Waals surface area contributed by atoms with E-state index in [0.717, 1.165) is 28.3 Å². The van der Waals surface area contributed by atoms with Crippen LogP contribution >= 0.6 is 11.8 Å². The molecule has 1 heterocycles. The number of anilines is 1. The second kappa shape index (κ2) is 10.1. The average Bonchev–Trinajstić information content (AvgIpc) is 2.77. The van der Waals surface area contributed by atoms with Gasteiger partial charge in [0.25, 0.3) is 0 Å². The molecule has 29 heavy (non-hydrogen) atoms. The summed E-state index contributed by atoms with van der Waals surface area (Å²) >= 11 is 1.76. The van der Waals surface area contributed by atoms with E-state index in [1.54, 1.807) is 28.8 Å². The summed E-state index contributed by atoms with van der Waals surface area (Å²) in [7, 11) is 0. The third kappa shape index (κ3) is 5.39. The molecule has 0 aromatic heterocycles. The second-order valence-corrected chi connectivity index (χ2v) is 8.12. The van der Waals surface area contributed by atoms with E-state index in [1.807, 2.05) is 48.2 Å². The molecule has 0 N–H and O–H groups in total. The monoisotopic (exact) mass is 407 g/mol. The van der Waals surface area contributed by atoms with Gasteiger partial charge in [-0.2, -0.15) is 5.26 Å². The quantitative estimate of drug-likeness (QED) is 0.689. The summed E-state index contributed by atoms with van der Waals surface area (Å²) in [6.45, 7) is 3.86. The molecule has 1 aliphatic rings. The lowest BCUT2D eigenvalue weighted by Crippen LogP contribution is -2.37. The van der Waals surface area contributed by atoms with Gasteiger partial charge in [-0.05, 0) is 36.2 Å². The van der Waals surface area contributed by atoms with Crippen LogP contribution in [0.15, 0.2) is 53.4 Å². The van der Waals surface area contributed by atoms with E-state index in [9.17, 15) is 9.59 Å². The molecular formula is C23H25N3O2S. The molecule has 3 rings (SSSR count). The molecule has 0 atom stereocenters. The van der Waals surface area contributed by atoms with Gasteiger partial charge in [0.1, 0.15) is 0 Å². The van der Waals surface area contributed by atoms with Crippen LogP contribution in [-0.2, 0) is 16.1 Å². The van der Waals surface area contributed by atoms with Gasteiger partial charge in [-0.1, -0.05) is 31.2 Å². The van der Waals surface area contributed by atoms with Crippen molar-refractivity contribution >= 4 is 29.3 Å². The number of hydrogen-bond donors (Lipinski definition) is 0. The van der Waals surface area contributed by atoms with Crippen LogP contribution in [0.4, 0.5) is 5.69 Å². The van der Waals surface area contributed by atoms with E-state index in [2.05, 4.69) is 6.07 Å². The lowest BCUT2D eigenvalue weighted by molar-refractivity contribution is -0.133. The molecule has 0 radical (unpaired) electrons. The van der Waals surface area contributed by atoms with E-state index >= 15 is 0 Å². The van der Waals surface area contributed by atoms with Gasteiger partial charge >= 0.3 is 0 Å². The van der Waals surface area contributed by atoms with Gasteiger partial charge in [0, 0.05) is 43.1 Å². The molecule has 1 aliphatic heterocycles. The zero-order valence-corrected chi connectivity index (χ0v) is 17.5. The van der Waals surface area contributed by atoms with Gasteiger partial charge < -0.3 is 9.80 Å². The van der Waals surface area contributed by atoms with Crippen molar-refractivity contribution in [1.82, 2.24) is 4.90 Å². The smallest absolute Gasteiger partial charge is 0.227 e. The standard InChI is InChI=1S/C23H25N3O2S/c1-2-13-25(17-19-9-7-18(16-24)8-10-19)22(27)11-12-23(28)26-14-15-29-21-6-4-3-5-20(21)26/h3-10H,2,11-15,17H2,1H3. The third-order valence-corrected chi connectivity index (χ3v) is 5.93. The minimum atomic E-state index is -0.00997. The summed E-state index contributed by atoms with van der Waals surface area (Å²) in [4.78, 5) is 30.3. The molecule has 2 aromatic rings. The van der Waals surface area contributed by atoms with Gasteiger partial charge in [-0.15, -0.1) is 11.8 Å². The number of para-hydroxylation sites is 1. The molecule has 5 nitrogen and oxygen atoms in total. The van der Waals surface area contributed by atoms with Crippen LogP contribution in [-0.4, -0.2) is 35.6 Å². The highest BCUT2D eigenvalue weighted by Crippen LogP contribution is 2.34. The summed E-state index contributed by atoms with van der Waals surface area (Å²) in [5.41, 5.74) is 2.54. The molecule has 2 amide bonds. The molecule has 0 fully saturated rings. The summed E-state index contributed by atoms with van der Waals surface area (Å²) in [5, 5.41) is 8.92. The predicted octanol–water partition coefficient (Wildman–Crippen LogP) is 4.22. The molecule has 0 bridgehead atoms. The largest absolute Gasteiger partial charge is 0.338 e. The van der Waals surface area contributed by atoms with Gasteiger partial charge in [0.05, 0.1) is 17.3 Å². The number of hydrogen-bond acceptors (Lipinski definition) is 4. The summed E-state index contributed by atoms with van der Waals surface area (Å²) in [6.07, 6.45) is 1.28. The van der Waals surface area contributed by atoms with Crippen LogP contribution < -0.4 is 4.90 Å². The highest BCUT2D eigenvalue weighted by atomic mass is 32.2. The highest BCUT2D eigenvalue weighted by molar-refractivity contribution is 7.99. The van der Waals surface area contributed by atoms with E-state index in [-0.39, 0.29) is 24.7 Å². The Labute approximate surface area is 176 Å². The fourth-order valence-corrected chi connectivity index (χ4v) is 4.40. The van der Waals surface area contributed by atoms with Crippen molar-refractivity contribution in [3.8, 4) is 6.07 Å². The van der Waals surface area contributed by atoms with E-state index in [4.69, 9.17) is 5.26 Å². The first-order valence-corrected chi connectivity index (χ1v) is 10.9. The van der Waals surface area contributed by atoms with Crippen LogP contribution in [0.5, 0.6) is 0 Å². The second-order valence-electron chi connectivity index (χ2n) is 6.99.